The van der Waals surface area contributed by atoms with Gasteiger partial charge >= 0.3 is 12.1 Å². The molecular formula is C27H34F3N3O5. The smallest absolute Gasteiger partial charge is 0.389 e. The van der Waals surface area contributed by atoms with Gasteiger partial charge in [-0.2, -0.15) is 13.2 Å². The Balaban J connectivity index is 1.34. The van der Waals surface area contributed by atoms with Crippen LogP contribution in [0.4, 0.5) is 18.9 Å². The van der Waals surface area contributed by atoms with Gasteiger partial charge in [-0.3, -0.25) is 4.79 Å². The minimum Gasteiger partial charge on any atom is -0.492 e. The molecule has 0 aliphatic carbocycles. The molecule has 2 aliphatic heterocycles. The summed E-state index contributed by atoms with van der Waals surface area (Å²) in [5.41, 5.74) is 2.21. The van der Waals surface area contributed by atoms with Gasteiger partial charge in [-0.25, -0.2) is 9.97 Å². The van der Waals surface area contributed by atoms with Crippen LogP contribution in [0.2, 0.25) is 0 Å². The van der Waals surface area contributed by atoms with E-state index < -0.39 is 12.6 Å². The van der Waals surface area contributed by atoms with Gasteiger partial charge in [0.1, 0.15) is 5.75 Å². The highest BCUT2D eigenvalue weighted by Gasteiger charge is 2.29. The van der Waals surface area contributed by atoms with Gasteiger partial charge in [0.15, 0.2) is 0 Å². The van der Waals surface area contributed by atoms with E-state index in [1.54, 1.807) is 19.2 Å². The summed E-state index contributed by atoms with van der Waals surface area (Å²) in [5.74, 6) is 1.57. The number of carbonyl (C=O) groups is 1. The number of piperidine rings is 1. The Hall–Kier alpha value is -3.24. The van der Waals surface area contributed by atoms with Crippen molar-refractivity contribution in [2.24, 2.45) is 5.92 Å². The second kappa shape index (κ2) is 12.5. The van der Waals surface area contributed by atoms with Gasteiger partial charge in [-0.05, 0) is 44.1 Å². The van der Waals surface area contributed by atoms with E-state index >= 15 is 0 Å². The van der Waals surface area contributed by atoms with Crippen LogP contribution >= 0.6 is 0 Å². The van der Waals surface area contributed by atoms with Crippen LogP contribution in [0.15, 0.2) is 24.5 Å². The molecule has 1 fully saturated rings. The Morgan fingerprint density at radius 2 is 1.89 bits per heavy atom. The molecular weight excluding hydrogens is 503 g/mol. The Morgan fingerprint density at radius 1 is 1.13 bits per heavy atom. The van der Waals surface area contributed by atoms with E-state index in [9.17, 15) is 18.0 Å². The van der Waals surface area contributed by atoms with Crippen molar-refractivity contribution in [1.29, 1.82) is 0 Å². The molecule has 38 heavy (non-hydrogen) atoms. The number of hydrogen-bond donors (Lipinski definition) is 0. The second-order valence-electron chi connectivity index (χ2n) is 9.62. The van der Waals surface area contributed by atoms with Crippen molar-refractivity contribution in [2.75, 3.05) is 44.9 Å². The van der Waals surface area contributed by atoms with Crippen molar-refractivity contribution in [1.82, 2.24) is 9.97 Å². The Bertz CT molecular complexity index is 1090. The third-order valence-corrected chi connectivity index (χ3v) is 7.00. The van der Waals surface area contributed by atoms with Crippen LogP contribution in [0.1, 0.15) is 56.1 Å². The Labute approximate surface area is 220 Å². The molecule has 11 heteroatoms. The number of alkyl halides is 3. The first-order valence-corrected chi connectivity index (χ1v) is 13.0. The molecule has 0 N–H and O–H groups in total. The highest BCUT2D eigenvalue weighted by Crippen LogP contribution is 2.37. The van der Waals surface area contributed by atoms with Crippen molar-refractivity contribution in [3.05, 3.63) is 35.7 Å². The number of pyridine rings is 2. The van der Waals surface area contributed by atoms with Crippen molar-refractivity contribution < 1.29 is 36.9 Å². The highest BCUT2D eigenvalue weighted by molar-refractivity contribution is 5.71. The zero-order valence-electron chi connectivity index (χ0n) is 21.8. The van der Waals surface area contributed by atoms with E-state index in [2.05, 4.69) is 14.9 Å². The van der Waals surface area contributed by atoms with Gasteiger partial charge in [-0.1, -0.05) is 0 Å². The van der Waals surface area contributed by atoms with Gasteiger partial charge in [0.25, 0.3) is 0 Å². The summed E-state index contributed by atoms with van der Waals surface area (Å²) >= 11 is 0. The number of aryl methyl sites for hydroxylation is 1. The summed E-state index contributed by atoms with van der Waals surface area (Å²) in [4.78, 5) is 22.6. The monoisotopic (exact) mass is 537 g/mol. The fourth-order valence-electron chi connectivity index (χ4n) is 4.93. The topological polar surface area (TPSA) is 83.0 Å². The third-order valence-electron chi connectivity index (χ3n) is 7.00. The normalized spacial score (nSPS) is 17.9. The summed E-state index contributed by atoms with van der Waals surface area (Å²) in [7, 11) is 1.49. The summed E-state index contributed by atoms with van der Waals surface area (Å²) in [6.45, 7) is 4.52. The zero-order chi connectivity index (χ0) is 27.1. The first-order valence-electron chi connectivity index (χ1n) is 13.0. The van der Waals surface area contributed by atoms with Crippen LogP contribution < -0.4 is 19.1 Å². The first kappa shape index (κ1) is 27.8. The molecule has 8 nitrogen and oxygen atoms in total. The number of aromatic nitrogens is 2. The maximum Gasteiger partial charge on any atom is 0.389 e. The van der Waals surface area contributed by atoms with Crippen LogP contribution in [0, 0.1) is 5.92 Å². The lowest BCUT2D eigenvalue weighted by atomic mass is 9.91. The molecule has 0 bridgehead atoms. The maximum absolute atomic E-state index is 12.8. The molecule has 0 spiro atoms. The largest absolute Gasteiger partial charge is 0.492 e. The summed E-state index contributed by atoms with van der Waals surface area (Å²) < 4.78 is 60.6. The molecule has 0 radical (unpaired) electrons. The number of esters is 1. The van der Waals surface area contributed by atoms with Crippen molar-refractivity contribution in [3.8, 4) is 17.5 Å². The SMILES string of the molecule is CCOC(=O)CC1CCOc2cnc(OCC3CCN(c4cc(OC)ncc4CCC(F)(F)F)CC3)cc21. The van der Waals surface area contributed by atoms with E-state index in [0.717, 1.165) is 30.5 Å². The van der Waals surface area contributed by atoms with Crippen molar-refractivity contribution in [3.63, 3.8) is 0 Å². The van der Waals surface area contributed by atoms with Crippen molar-refractivity contribution >= 4 is 11.7 Å². The fraction of sp³-hybridized carbons (Fsp3) is 0.593. The lowest BCUT2D eigenvalue weighted by Gasteiger charge is -2.34. The average molecular weight is 538 g/mol. The standard InChI is InChI=1S/C27H34F3N3O5/c1-3-36-26(34)12-19-7-11-37-23-16-32-25(13-21(19)23)38-17-18-5-9-33(10-6-18)22-14-24(35-2)31-15-20(22)4-8-27(28,29)30/h13-16,18-19H,3-12,17H2,1-2H3. The lowest BCUT2D eigenvalue weighted by molar-refractivity contribution is -0.143. The average Bonchev–Trinajstić information content (AvgIpc) is 2.91. The minimum atomic E-state index is -4.22. The molecule has 0 amide bonds. The molecule has 0 aromatic carbocycles. The van der Waals surface area contributed by atoms with E-state index in [1.165, 1.54) is 13.3 Å². The van der Waals surface area contributed by atoms with E-state index in [0.29, 0.717) is 56.0 Å². The maximum atomic E-state index is 12.8. The van der Waals surface area contributed by atoms with Crippen LogP contribution in [-0.2, 0) is 16.0 Å². The van der Waals surface area contributed by atoms with Crippen LogP contribution in [0.5, 0.6) is 17.5 Å². The Kier molecular flexibility index (Phi) is 9.17. The predicted molar refractivity (Wildman–Crippen MR) is 134 cm³/mol. The summed E-state index contributed by atoms with van der Waals surface area (Å²) in [6.07, 6.45) is 0.541. The molecule has 2 aliphatic rings. The molecule has 1 unspecified atom stereocenters. The van der Waals surface area contributed by atoms with Gasteiger partial charge < -0.3 is 23.8 Å². The van der Waals surface area contributed by atoms with Crippen molar-refractivity contribution in [2.45, 2.75) is 57.5 Å². The molecule has 4 heterocycles. The van der Waals surface area contributed by atoms with E-state index in [1.807, 2.05) is 6.07 Å². The van der Waals surface area contributed by atoms with Crippen LogP contribution in [0.25, 0.3) is 0 Å². The van der Waals surface area contributed by atoms with E-state index in [-0.39, 0.29) is 30.6 Å². The molecule has 208 valence electrons. The number of rotatable bonds is 10. The summed E-state index contributed by atoms with van der Waals surface area (Å²) in [6, 6.07) is 3.57. The molecule has 1 atom stereocenters. The van der Waals surface area contributed by atoms with Gasteiger partial charge in [-0.15, -0.1) is 0 Å². The zero-order valence-corrected chi connectivity index (χ0v) is 21.8. The molecule has 0 saturated carbocycles. The summed E-state index contributed by atoms with van der Waals surface area (Å²) in [5, 5.41) is 0. The number of carbonyl (C=O) groups excluding carboxylic acids is 1. The molecule has 2 aromatic heterocycles. The molecule has 2 aromatic rings. The number of anilines is 1. The number of methoxy groups -OCH3 is 1. The van der Waals surface area contributed by atoms with Crippen LogP contribution in [-0.4, -0.2) is 62.1 Å². The number of hydrogen-bond acceptors (Lipinski definition) is 8. The second-order valence-corrected chi connectivity index (χ2v) is 9.62. The number of nitrogens with zero attached hydrogens (tertiary/aromatic N) is 3. The van der Waals surface area contributed by atoms with Gasteiger partial charge in [0, 0.05) is 55.0 Å². The predicted octanol–water partition coefficient (Wildman–Crippen LogP) is 5.09. The molecule has 1 saturated heterocycles. The fourth-order valence-corrected chi connectivity index (χ4v) is 4.93. The molecule has 4 rings (SSSR count). The van der Waals surface area contributed by atoms with Crippen LogP contribution in [0.3, 0.4) is 0 Å². The lowest BCUT2D eigenvalue weighted by Crippen LogP contribution is -2.36. The number of ether oxygens (including phenoxy) is 4. The Morgan fingerprint density at radius 3 is 2.61 bits per heavy atom. The van der Waals surface area contributed by atoms with Gasteiger partial charge in [0.05, 0.1) is 39.5 Å². The highest BCUT2D eigenvalue weighted by atomic mass is 19.4. The number of halogens is 3. The quantitative estimate of drug-likeness (QED) is 0.388. The van der Waals surface area contributed by atoms with Gasteiger partial charge in [0.2, 0.25) is 11.8 Å². The first-order chi connectivity index (χ1) is 18.3. The number of fused-ring (bicyclic) bond motifs is 1. The third kappa shape index (κ3) is 7.41. The minimum absolute atomic E-state index is 0.00437. The van der Waals surface area contributed by atoms with E-state index in [4.69, 9.17) is 18.9 Å².